The largest absolute Gasteiger partial charge is 0.399 e. The maximum atomic E-state index is 13.7. The van der Waals surface area contributed by atoms with Gasteiger partial charge in [0.25, 0.3) is 10.0 Å². The monoisotopic (exact) mass is 412 g/mol. The number of hydrogen-bond donors (Lipinski definition) is 2. The predicted molar refractivity (Wildman–Crippen MR) is 85.8 cm³/mol. The third-order valence-electron chi connectivity index (χ3n) is 2.49. The molecule has 0 atom stereocenters. The van der Waals surface area contributed by atoms with Gasteiger partial charge in [-0.3, -0.25) is 4.72 Å². The highest BCUT2D eigenvalue weighted by Crippen LogP contribution is 2.35. The lowest BCUT2D eigenvalue weighted by atomic mass is 10.3. The highest BCUT2D eigenvalue weighted by atomic mass is 79.9. The predicted octanol–water partition coefficient (Wildman–Crippen LogP) is 4.28. The molecule has 0 aliphatic carbocycles. The fourth-order valence-electron chi connectivity index (χ4n) is 1.56. The van der Waals surface area contributed by atoms with Gasteiger partial charge in [-0.15, -0.1) is 0 Å². The summed E-state index contributed by atoms with van der Waals surface area (Å²) in [5.41, 5.74) is 5.47. The molecule has 0 spiro atoms. The molecule has 0 aromatic heterocycles. The molecule has 21 heavy (non-hydrogen) atoms. The average Bonchev–Trinajstić information content (AvgIpc) is 2.33. The van der Waals surface area contributed by atoms with Crippen molar-refractivity contribution in [1.82, 2.24) is 0 Å². The van der Waals surface area contributed by atoms with Crippen LogP contribution < -0.4 is 10.5 Å². The molecule has 4 nitrogen and oxygen atoms in total. The van der Waals surface area contributed by atoms with E-state index in [0.29, 0.717) is 4.47 Å². The quantitative estimate of drug-likeness (QED) is 0.737. The molecular formula is C12H8BrCl2FN2O2S. The first-order chi connectivity index (χ1) is 9.70. The molecule has 0 saturated heterocycles. The van der Waals surface area contributed by atoms with E-state index in [0.717, 1.165) is 12.1 Å². The minimum Gasteiger partial charge on any atom is -0.399 e. The molecule has 0 heterocycles. The molecule has 0 saturated carbocycles. The molecule has 3 N–H and O–H groups in total. The van der Waals surface area contributed by atoms with Gasteiger partial charge >= 0.3 is 0 Å². The number of sulfonamides is 1. The van der Waals surface area contributed by atoms with Gasteiger partial charge < -0.3 is 5.73 Å². The molecule has 0 unspecified atom stereocenters. The topological polar surface area (TPSA) is 72.2 Å². The summed E-state index contributed by atoms with van der Waals surface area (Å²) in [6, 6.07) is 6.19. The number of benzene rings is 2. The van der Waals surface area contributed by atoms with E-state index in [1.54, 1.807) is 0 Å². The van der Waals surface area contributed by atoms with Crippen molar-refractivity contribution < 1.29 is 12.8 Å². The van der Waals surface area contributed by atoms with Gasteiger partial charge in [0, 0.05) is 10.2 Å². The van der Waals surface area contributed by atoms with Crippen LogP contribution >= 0.6 is 39.1 Å². The SMILES string of the molecule is Nc1ccc(S(=O)(=O)Nc2c(Cl)cc(Br)cc2Cl)c(F)c1. The summed E-state index contributed by atoms with van der Waals surface area (Å²) in [5, 5.41) is 0.155. The minimum absolute atomic E-state index is 0.0299. The molecule has 0 aliphatic heterocycles. The van der Waals surface area contributed by atoms with Crippen LogP contribution in [0.25, 0.3) is 0 Å². The first kappa shape index (κ1) is 16.4. The summed E-state index contributed by atoms with van der Waals surface area (Å²) in [6.45, 7) is 0. The van der Waals surface area contributed by atoms with Gasteiger partial charge in [0.2, 0.25) is 0 Å². The summed E-state index contributed by atoms with van der Waals surface area (Å²) < 4.78 is 40.9. The van der Waals surface area contributed by atoms with Crippen molar-refractivity contribution in [2.45, 2.75) is 4.90 Å². The maximum absolute atomic E-state index is 13.7. The molecule has 0 fully saturated rings. The van der Waals surface area contributed by atoms with Gasteiger partial charge in [-0.05, 0) is 30.3 Å². The smallest absolute Gasteiger partial charge is 0.264 e. The molecule has 0 amide bonds. The Morgan fingerprint density at radius 3 is 2.24 bits per heavy atom. The number of anilines is 2. The van der Waals surface area contributed by atoms with Gasteiger partial charge in [-0.2, -0.15) is 0 Å². The van der Waals surface area contributed by atoms with Crippen molar-refractivity contribution in [3.8, 4) is 0 Å². The van der Waals surface area contributed by atoms with Crippen LogP contribution in [0.5, 0.6) is 0 Å². The highest BCUT2D eigenvalue weighted by molar-refractivity contribution is 9.10. The van der Waals surface area contributed by atoms with Crippen LogP contribution in [-0.4, -0.2) is 8.42 Å². The summed E-state index contributed by atoms with van der Waals surface area (Å²) >= 11 is 15.0. The highest BCUT2D eigenvalue weighted by Gasteiger charge is 2.22. The van der Waals surface area contributed by atoms with E-state index < -0.39 is 20.7 Å². The number of nitrogen functional groups attached to an aromatic ring is 1. The van der Waals surface area contributed by atoms with Crippen LogP contribution in [0.2, 0.25) is 10.0 Å². The number of nitrogens with one attached hydrogen (secondary N) is 1. The summed E-state index contributed by atoms with van der Waals surface area (Å²) in [7, 11) is -4.18. The van der Waals surface area contributed by atoms with Crippen molar-refractivity contribution in [2.75, 3.05) is 10.5 Å². The van der Waals surface area contributed by atoms with E-state index in [2.05, 4.69) is 20.7 Å². The Hall–Kier alpha value is -1.02. The van der Waals surface area contributed by atoms with Crippen LogP contribution in [0.3, 0.4) is 0 Å². The Labute approximate surface area is 139 Å². The van der Waals surface area contributed by atoms with E-state index in [1.807, 2.05) is 0 Å². The molecule has 9 heteroatoms. The van der Waals surface area contributed by atoms with Gasteiger partial charge in [0.05, 0.1) is 15.7 Å². The van der Waals surface area contributed by atoms with Gasteiger partial charge in [0.15, 0.2) is 0 Å². The fraction of sp³-hybridized carbons (Fsp3) is 0. The van der Waals surface area contributed by atoms with E-state index >= 15 is 0 Å². The number of hydrogen-bond acceptors (Lipinski definition) is 3. The summed E-state index contributed by atoms with van der Waals surface area (Å²) in [5.74, 6) is -0.966. The van der Waals surface area contributed by atoms with Gasteiger partial charge in [0.1, 0.15) is 10.7 Å². The first-order valence-corrected chi connectivity index (χ1v) is 8.46. The molecule has 0 bridgehead atoms. The van der Waals surface area contributed by atoms with Crippen LogP contribution in [0.4, 0.5) is 15.8 Å². The third-order valence-corrected chi connectivity index (χ3v) is 4.93. The van der Waals surface area contributed by atoms with Crippen LogP contribution in [0.1, 0.15) is 0 Å². The fourth-order valence-corrected chi connectivity index (χ4v) is 4.14. The van der Waals surface area contributed by atoms with Crippen LogP contribution in [0.15, 0.2) is 39.7 Å². The van der Waals surface area contributed by atoms with E-state index in [4.69, 9.17) is 28.9 Å². The van der Waals surface area contributed by atoms with Crippen molar-refractivity contribution in [1.29, 1.82) is 0 Å². The normalized spacial score (nSPS) is 11.4. The van der Waals surface area contributed by atoms with Crippen molar-refractivity contribution in [3.05, 3.63) is 50.7 Å². The van der Waals surface area contributed by atoms with Crippen molar-refractivity contribution in [2.24, 2.45) is 0 Å². The maximum Gasteiger partial charge on any atom is 0.264 e. The average molecular weight is 414 g/mol. The Balaban J connectivity index is 2.47. The number of halogens is 4. The molecule has 0 radical (unpaired) electrons. The molecule has 0 aliphatic rings. The Bertz CT molecular complexity index is 792. The molecular weight excluding hydrogens is 406 g/mol. The first-order valence-electron chi connectivity index (χ1n) is 5.43. The van der Waals surface area contributed by atoms with Crippen molar-refractivity contribution >= 4 is 60.5 Å². The van der Waals surface area contributed by atoms with Gasteiger partial charge in [-0.1, -0.05) is 39.1 Å². The standard InChI is InChI=1S/C12H8BrCl2FN2O2S/c13-6-3-8(14)12(9(15)4-6)18-21(19,20)11-2-1-7(17)5-10(11)16/h1-5,18H,17H2. The van der Waals surface area contributed by atoms with Crippen molar-refractivity contribution in [3.63, 3.8) is 0 Å². The molecule has 2 aromatic carbocycles. The van der Waals surface area contributed by atoms with E-state index in [-0.39, 0.29) is 21.4 Å². The van der Waals surface area contributed by atoms with Gasteiger partial charge in [-0.25, -0.2) is 12.8 Å². The van der Waals surface area contributed by atoms with E-state index in [1.165, 1.54) is 18.2 Å². The lowest BCUT2D eigenvalue weighted by Gasteiger charge is -2.12. The Morgan fingerprint density at radius 1 is 1.14 bits per heavy atom. The lowest BCUT2D eigenvalue weighted by Crippen LogP contribution is -2.15. The van der Waals surface area contributed by atoms with Crippen LogP contribution in [0, 0.1) is 5.82 Å². The number of rotatable bonds is 3. The zero-order valence-electron chi connectivity index (χ0n) is 10.2. The second kappa shape index (κ2) is 6.00. The Morgan fingerprint density at radius 2 is 1.71 bits per heavy atom. The molecule has 2 aromatic rings. The van der Waals surface area contributed by atoms with E-state index in [9.17, 15) is 12.8 Å². The second-order valence-electron chi connectivity index (χ2n) is 4.04. The summed E-state index contributed by atoms with van der Waals surface area (Å²) in [6.07, 6.45) is 0. The summed E-state index contributed by atoms with van der Waals surface area (Å²) in [4.78, 5) is -0.549. The minimum atomic E-state index is -4.18. The lowest BCUT2D eigenvalue weighted by molar-refractivity contribution is 0.571. The zero-order valence-corrected chi connectivity index (χ0v) is 14.1. The number of nitrogens with two attached hydrogens (primary N) is 1. The zero-order chi connectivity index (χ0) is 15.8. The second-order valence-corrected chi connectivity index (χ2v) is 7.42. The Kier molecular flexibility index (Phi) is 4.67. The molecule has 2 rings (SSSR count). The third kappa shape index (κ3) is 3.60. The van der Waals surface area contributed by atoms with Crippen LogP contribution in [-0.2, 0) is 10.0 Å². The molecule has 112 valence electrons.